The second kappa shape index (κ2) is 8.57. The zero-order chi connectivity index (χ0) is 22.9. The van der Waals surface area contributed by atoms with Crippen LogP contribution in [-0.4, -0.2) is 31.5 Å². The fourth-order valence-electron chi connectivity index (χ4n) is 3.40. The molecule has 0 aliphatic rings. The fourth-order valence-corrected chi connectivity index (χ4v) is 4.57. The number of aryl methyl sites for hydroxylation is 1. The summed E-state index contributed by atoms with van der Waals surface area (Å²) < 4.78 is 32.8. The first kappa shape index (κ1) is 21.7. The molecule has 1 N–H and O–H groups in total. The molecule has 0 unspecified atom stereocenters. The van der Waals surface area contributed by atoms with E-state index in [-0.39, 0.29) is 21.6 Å². The van der Waals surface area contributed by atoms with Crippen LogP contribution in [0.4, 0.5) is 5.95 Å². The number of anilines is 1. The highest BCUT2D eigenvalue weighted by Crippen LogP contribution is 2.32. The molecular weight excluding hydrogens is 450 g/mol. The van der Waals surface area contributed by atoms with E-state index in [9.17, 15) is 13.2 Å². The molecule has 0 amide bonds. The summed E-state index contributed by atoms with van der Waals surface area (Å²) in [6.45, 7) is 1.94. The van der Waals surface area contributed by atoms with Crippen LogP contribution in [0.25, 0.3) is 22.0 Å². The Morgan fingerprint density at radius 1 is 1.00 bits per heavy atom. The number of esters is 1. The quantitative estimate of drug-likeness (QED) is 0.333. The summed E-state index contributed by atoms with van der Waals surface area (Å²) in [5, 5.41) is 2.06. The van der Waals surface area contributed by atoms with Crippen molar-refractivity contribution in [3.05, 3.63) is 83.0 Å². The van der Waals surface area contributed by atoms with Gasteiger partial charge in [-0.3, -0.25) is 0 Å². The maximum absolute atomic E-state index is 12.9. The normalized spacial score (nSPS) is 11.3. The minimum atomic E-state index is -4.09. The van der Waals surface area contributed by atoms with Gasteiger partial charge in [-0.05, 0) is 41.5 Å². The molecule has 7 nitrogen and oxygen atoms in total. The zero-order valence-corrected chi connectivity index (χ0v) is 18.7. The third kappa shape index (κ3) is 4.28. The summed E-state index contributed by atoms with van der Waals surface area (Å²) in [6, 6.07) is 18.9. The highest BCUT2D eigenvalue weighted by atomic mass is 35.5. The number of benzene rings is 3. The first-order valence-corrected chi connectivity index (χ1v) is 11.4. The maximum Gasteiger partial charge on any atom is 0.337 e. The Labute approximate surface area is 190 Å². The first-order valence-electron chi connectivity index (χ1n) is 9.53. The number of carbonyl (C=O) groups excluding carboxylic acids is 1. The number of ether oxygens (including phenoxy) is 1. The molecule has 4 rings (SSSR count). The van der Waals surface area contributed by atoms with Crippen LogP contribution < -0.4 is 4.72 Å². The van der Waals surface area contributed by atoms with Crippen molar-refractivity contribution in [1.82, 2.24) is 9.97 Å². The van der Waals surface area contributed by atoms with Crippen LogP contribution in [0.5, 0.6) is 0 Å². The number of aromatic nitrogens is 2. The monoisotopic (exact) mass is 467 g/mol. The van der Waals surface area contributed by atoms with E-state index in [1.165, 1.54) is 31.4 Å². The predicted molar refractivity (Wildman–Crippen MR) is 123 cm³/mol. The van der Waals surface area contributed by atoms with Gasteiger partial charge in [-0.1, -0.05) is 54.1 Å². The number of halogens is 1. The number of hydrogen-bond acceptors (Lipinski definition) is 6. The van der Waals surface area contributed by atoms with Gasteiger partial charge in [-0.2, -0.15) is 0 Å². The molecule has 0 spiro atoms. The Morgan fingerprint density at radius 2 is 1.78 bits per heavy atom. The average Bonchev–Trinajstić information content (AvgIpc) is 2.77. The van der Waals surface area contributed by atoms with Gasteiger partial charge in [0.1, 0.15) is 5.15 Å². The van der Waals surface area contributed by atoms with Crippen molar-refractivity contribution in [2.24, 2.45) is 0 Å². The number of carbonyl (C=O) groups is 1. The summed E-state index contributed by atoms with van der Waals surface area (Å²) in [4.78, 5) is 20.1. The molecule has 0 aliphatic carbocycles. The SMILES string of the molecule is COC(=O)c1cccc(S(=O)(=O)Nc2nc(Cl)cc(-c3c(C)ccc4ccccc34)n2)c1. The smallest absolute Gasteiger partial charge is 0.337 e. The number of methoxy groups -OCH3 is 1. The fraction of sp³-hybridized carbons (Fsp3) is 0.0870. The summed E-state index contributed by atoms with van der Waals surface area (Å²) in [5.41, 5.74) is 2.38. The molecule has 1 aromatic heterocycles. The van der Waals surface area contributed by atoms with Gasteiger partial charge in [0.2, 0.25) is 5.95 Å². The Bertz CT molecular complexity index is 1460. The van der Waals surface area contributed by atoms with Crippen LogP contribution in [0.3, 0.4) is 0 Å². The number of fused-ring (bicyclic) bond motifs is 1. The topological polar surface area (TPSA) is 98.2 Å². The molecule has 4 aromatic rings. The van der Waals surface area contributed by atoms with Crippen LogP contribution in [0.1, 0.15) is 15.9 Å². The summed E-state index contributed by atoms with van der Waals surface area (Å²) >= 11 is 6.22. The van der Waals surface area contributed by atoms with Crippen LogP contribution in [-0.2, 0) is 14.8 Å². The van der Waals surface area contributed by atoms with E-state index in [1.54, 1.807) is 6.07 Å². The lowest BCUT2D eigenvalue weighted by molar-refractivity contribution is 0.0600. The number of hydrogen-bond donors (Lipinski definition) is 1. The van der Waals surface area contributed by atoms with E-state index in [2.05, 4.69) is 19.4 Å². The molecule has 0 fully saturated rings. The molecule has 32 heavy (non-hydrogen) atoms. The van der Waals surface area contributed by atoms with Crippen molar-refractivity contribution in [2.45, 2.75) is 11.8 Å². The zero-order valence-electron chi connectivity index (χ0n) is 17.2. The molecule has 1 heterocycles. The van der Waals surface area contributed by atoms with E-state index in [4.69, 9.17) is 11.6 Å². The first-order chi connectivity index (χ1) is 15.3. The van der Waals surface area contributed by atoms with E-state index < -0.39 is 16.0 Å². The van der Waals surface area contributed by atoms with Gasteiger partial charge < -0.3 is 4.74 Å². The van der Waals surface area contributed by atoms with Gasteiger partial charge in [0.15, 0.2) is 0 Å². The number of rotatable bonds is 5. The predicted octanol–water partition coefficient (Wildman–Crippen LogP) is 4.85. The number of nitrogens with zero attached hydrogens (tertiary/aromatic N) is 2. The minimum absolute atomic E-state index is 0.0864. The molecule has 0 saturated carbocycles. The largest absolute Gasteiger partial charge is 0.465 e. The second-order valence-electron chi connectivity index (χ2n) is 7.00. The lowest BCUT2D eigenvalue weighted by Crippen LogP contribution is -2.16. The average molecular weight is 468 g/mol. The molecule has 3 aromatic carbocycles. The molecule has 0 bridgehead atoms. The van der Waals surface area contributed by atoms with Crippen LogP contribution in [0.2, 0.25) is 5.15 Å². The van der Waals surface area contributed by atoms with Crippen LogP contribution in [0.15, 0.2) is 71.6 Å². The molecule has 0 radical (unpaired) electrons. The third-order valence-electron chi connectivity index (χ3n) is 4.88. The highest BCUT2D eigenvalue weighted by molar-refractivity contribution is 7.92. The lowest BCUT2D eigenvalue weighted by Gasteiger charge is -2.13. The summed E-state index contributed by atoms with van der Waals surface area (Å²) in [6.07, 6.45) is 0. The molecule has 9 heteroatoms. The van der Waals surface area contributed by atoms with Crippen LogP contribution >= 0.6 is 11.6 Å². The van der Waals surface area contributed by atoms with E-state index >= 15 is 0 Å². The standard InChI is InChI=1S/C23H18ClN3O4S/c1-14-10-11-15-6-3-4-9-18(15)21(14)19-13-20(24)26-23(25-19)27-32(29,30)17-8-5-7-16(12-17)22(28)31-2/h3-13H,1-2H3,(H,25,26,27). The van der Waals surface area contributed by atoms with Gasteiger partial charge in [0, 0.05) is 11.6 Å². The minimum Gasteiger partial charge on any atom is -0.465 e. The number of nitrogens with one attached hydrogen (secondary N) is 1. The Morgan fingerprint density at radius 3 is 2.56 bits per heavy atom. The van der Waals surface area contributed by atoms with E-state index in [0.29, 0.717) is 5.69 Å². The molecule has 0 saturated heterocycles. The van der Waals surface area contributed by atoms with Crippen molar-refractivity contribution in [3.63, 3.8) is 0 Å². The van der Waals surface area contributed by atoms with Crippen molar-refractivity contribution in [1.29, 1.82) is 0 Å². The summed E-state index contributed by atoms with van der Waals surface area (Å²) in [7, 11) is -2.87. The highest BCUT2D eigenvalue weighted by Gasteiger charge is 2.20. The van der Waals surface area contributed by atoms with Gasteiger partial charge in [0.05, 0.1) is 23.3 Å². The van der Waals surface area contributed by atoms with Gasteiger partial charge in [0.25, 0.3) is 10.0 Å². The Hall–Kier alpha value is -3.49. The Kier molecular flexibility index (Phi) is 5.82. The molecule has 0 aliphatic heterocycles. The van der Waals surface area contributed by atoms with E-state index in [1.807, 2.05) is 43.3 Å². The van der Waals surface area contributed by atoms with Gasteiger partial charge >= 0.3 is 5.97 Å². The molecular formula is C23H18ClN3O4S. The molecule has 162 valence electrons. The van der Waals surface area contributed by atoms with E-state index in [0.717, 1.165) is 21.9 Å². The van der Waals surface area contributed by atoms with Crippen LogP contribution in [0, 0.1) is 6.92 Å². The van der Waals surface area contributed by atoms with Gasteiger partial charge in [-0.15, -0.1) is 0 Å². The Balaban J connectivity index is 1.77. The third-order valence-corrected chi connectivity index (χ3v) is 6.40. The van der Waals surface area contributed by atoms with Gasteiger partial charge in [-0.25, -0.2) is 27.9 Å². The van der Waals surface area contributed by atoms with Crippen molar-refractivity contribution >= 4 is 44.3 Å². The second-order valence-corrected chi connectivity index (χ2v) is 9.07. The van der Waals surface area contributed by atoms with Crippen molar-refractivity contribution in [3.8, 4) is 11.3 Å². The summed E-state index contributed by atoms with van der Waals surface area (Å²) in [5.74, 6) is -0.821. The number of sulfonamides is 1. The van der Waals surface area contributed by atoms with Crippen molar-refractivity contribution in [2.75, 3.05) is 11.8 Å². The lowest BCUT2D eigenvalue weighted by atomic mass is 9.97. The molecule has 0 atom stereocenters. The van der Waals surface area contributed by atoms with Crippen molar-refractivity contribution < 1.29 is 17.9 Å². The maximum atomic E-state index is 12.9.